The topological polar surface area (TPSA) is 37.4 Å². The van der Waals surface area contributed by atoms with Crippen molar-refractivity contribution in [1.29, 1.82) is 5.39 Å². The van der Waals surface area contributed by atoms with Crippen LogP contribution in [0.4, 0.5) is 5.69 Å². The summed E-state index contributed by atoms with van der Waals surface area (Å²) in [7, 11) is 0. The third-order valence-electron chi connectivity index (χ3n) is 2.09. The van der Waals surface area contributed by atoms with Gasteiger partial charge >= 0.3 is 5.69 Å². The highest BCUT2D eigenvalue weighted by Crippen LogP contribution is 2.37. The highest BCUT2D eigenvalue weighted by Gasteiger charge is 2.20. The number of benzene rings is 2. The number of halogens is 3. The molecule has 18 heavy (non-hydrogen) atoms. The van der Waals surface area contributed by atoms with E-state index in [1.807, 2.05) is 0 Å². The Morgan fingerprint density at radius 2 is 1.67 bits per heavy atom. The largest absolute Gasteiger partial charge is 1.00 e. The number of diazo groups is 1. The van der Waals surface area contributed by atoms with Gasteiger partial charge in [-0.25, -0.2) is 0 Å². The molecule has 92 valence electrons. The summed E-state index contributed by atoms with van der Waals surface area (Å²) in [5.41, 5.74) is 0.198. The quantitative estimate of drug-likeness (QED) is 0.798. The SMILES string of the molecule is N#[N+]c1c(Cl)cccc1Oc1ccc(Cl)cc1.[Cl-]. The van der Waals surface area contributed by atoms with Crippen molar-refractivity contribution in [3.8, 4) is 11.5 Å². The zero-order valence-electron chi connectivity index (χ0n) is 8.98. The Kier molecular flexibility index (Phi) is 5.24. The maximum absolute atomic E-state index is 8.86. The summed E-state index contributed by atoms with van der Waals surface area (Å²) >= 11 is 11.6. The number of hydrogen-bond acceptors (Lipinski definition) is 2. The van der Waals surface area contributed by atoms with Gasteiger partial charge in [0.1, 0.15) is 10.8 Å². The summed E-state index contributed by atoms with van der Waals surface area (Å²) in [5.74, 6) is 0.962. The van der Waals surface area contributed by atoms with Crippen LogP contribution in [-0.2, 0) is 0 Å². The summed E-state index contributed by atoms with van der Waals surface area (Å²) in [5, 5.41) is 9.80. The van der Waals surface area contributed by atoms with Gasteiger partial charge < -0.3 is 17.1 Å². The minimum absolute atomic E-state index is 0. The average molecular weight is 302 g/mol. The van der Waals surface area contributed by atoms with Crippen molar-refractivity contribution >= 4 is 28.9 Å². The van der Waals surface area contributed by atoms with E-state index in [9.17, 15) is 0 Å². The molecular formula is C12H7Cl3N2O. The number of hydrogen-bond donors (Lipinski definition) is 0. The second-order valence-corrected chi connectivity index (χ2v) is 4.09. The molecule has 0 saturated carbocycles. The molecule has 0 saturated heterocycles. The molecule has 0 fully saturated rings. The standard InChI is InChI=1S/C12H7Cl2N2O.ClH/c13-8-4-6-9(7-5-8)17-11-3-1-2-10(14)12(11)16-15;/h1-7H;1H/q+1;/p-1. The Labute approximate surface area is 120 Å². The van der Waals surface area contributed by atoms with Crippen LogP contribution in [0, 0.1) is 5.39 Å². The average Bonchev–Trinajstić information content (AvgIpc) is 2.32. The fourth-order valence-electron chi connectivity index (χ4n) is 1.30. The van der Waals surface area contributed by atoms with Gasteiger partial charge in [-0.15, -0.1) is 0 Å². The molecule has 0 aromatic heterocycles. The van der Waals surface area contributed by atoms with E-state index in [1.165, 1.54) is 0 Å². The van der Waals surface area contributed by atoms with Crippen molar-refractivity contribution in [3.05, 3.63) is 57.5 Å². The van der Waals surface area contributed by atoms with Gasteiger partial charge in [-0.2, -0.15) is 0 Å². The van der Waals surface area contributed by atoms with Gasteiger partial charge in [-0.05, 0) is 36.4 Å². The van der Waals surface area contributed by atoms with Gasteiger partial charge in [0.05, 0.1) is 0 Å². The summed E-state index contributed by atoms with van der Waals surface area (Å²) in [6.07, 6.45) is 0. The zero-order valence-corrected chi connectivity index (χ0v) is 11.2. The minimum atomic E-state index is 0. The molecule has 0 radical (unpaired) electrons. The normalized spacial score (nSPS) is 9.17. The first-order valence-electron chi connectivity index (χ1n) is 4.78. The molecule has 0 N–H and O–H groups in total. The van der Waals surface area contributed by atoms with E-state index in [4.69, 9.17) is 33.3 Å². The summed E-state index contributed by atoms with van der Waals surface area (Å²) < 4.78 is 5.54. The van der Waals surface area contributed by atoms with E-state index < -0.39 is 0 Å². The van der Waals surface area contributed by atoms with Crippen LogP contribution in [0.2, 0.25) is 10.0 Å². The van der Waals surface area contributed by atoms with Gasteiger partial charge in [0, 0.05) is 5.02 Å². The molecule has 0 amide bonds. The van der Waals surface area contributed by atoms with Crippen LogP contribution in [0.1, 0.15) is 0 Å². The van der Waals surface area contributed by atoms with Crippen molar-refractivity contribution in [2.75, 3.05) is 0 Å². The van der Waals surface area contributed by atoms with Crippen molar-refractivity contribution in [2.45, 2.75) is 0 Å². The fourth-order valence-corrected chi connectivity index (χ4v) is 1.63. The molecule has 6 heteroatoms. The lowest BCUT2D eigenvalue weighted by molar-refractivity contribution is -0.00000390. The van der Waals surface area contributed by atoms with Crippen LogP contribution < -0.4 is 17.1 Å². The van der Waals surface area contributed by atoms with Crippen LogP contribution in [-0.4, -0.2) is 0 Å². The number of nitrogens with zero attached hydrogens (tertiary/aromatic N) is 2. The number of rotatable bonds is 2. The molecule has 2 aromatic rings. The predicted octanol–water partition coefficient (Wildman–Crippen LogP) is 2.27. The van der Waals surface area contributed by atoms with Gasteiger partial charge in [0.25, 0.3) is 0 Å². The van der Waals surface area contributed by atoms with Crippen molar-refractivity contribution in [3.63, 3.8) is 0 Å². The lowest BCUT2D eigenvalue weighted by Gasteiger charge is -2.03. The van der Waals surface area contributed by atoms with Crippen LogP contribution >= 0.6 is 23.2 Å². The highest BCUT2D eigenvalue weighted by atomic mass is 35.5. The minimum Gasteiger partial charge on any atom is -1.00 e. The van der Waals surface area contributed by atoms with E-state index >= 15 is 0 Å². The highest BCUT2D eigenvalue weighted by molar-refractivity contribution is 6.33. The number of ether oxygens (including phenoxy) is 1. The van der Waals surface area contributed by atoms with Crippen LogP contribution in [0.5, 0.6) is 11.5 Å². The maximum Gasteiger partial charge on any atom is 0.445 e. The molecule has 3 nitrogen and oxygen atoms in total. The third-order valence-corrected chi connectivity index (χ3v) is 2.65. The first-order valence-corrected chi connectivity index (χ1v) is 5.53. The van der Waals surface area contributed by atoms with Crippen molar-refractivity contribution in [2.24, 2.45) is 0 Å². The van der Waals surface area contributed by atoms with E-state index in [2.05, 4.69) is 4.98 Å². The van der Waals surface area contributed by atoms with Gasteiger partial charge in [0.15, 0.2) is 4.98 Å². The second-order valence-electron chi connectivity index (χ2n) is 3.24. The van der Waals surface area contributed by atoms with Crippen molar-refractivity contribution in [1.82, 2.24) is 0 Å². The Morgan fingerprint density at radius 3 is 2.28 bits per heavy atom. The van der Waals surface area contributed by atoms with E-state index in [-0.39, 0.29) is 18.1 Å². The smallest absolute Gasteiger partial charge is 0.445 e. The third kappa shape index (κ3) is 3.27. The molecule has 0 spiro atoms. The Balaban J connectivity index is 0.00000162. The summed E-state index contributed by atoms with van der Waals surface area (Å²) in [6.45, 7) is 0. The van der Waals surface area contributed by atoms with Crippen LogP contribution in [0.25, 0.3) is 4.98 Å². The molecule has 0 aliphatic carbocycles. The lowest BCUT2D eigenvalue weighted by Crippen LogP contribution is -3.00. The molecule has 0 aliphatic rings. The van der Waals surface area contributed by atoms with E-state index in [0.717, 1.165) is 0 Å². The van der Waals surface area contributed by atoms with E-state index in [0.29, 0.717) is 21.5 Å². The second kappa shape index (κ2) is 6.46. The Morgan fingerprint density at radius 1 is 1.00 bits per heavy atom. The molecule has 0 aliphatic heterocycles. The predicted molar refractivity (Wildman–Crippen MR) is 67.7 cm³/mol. The molecular weight excluding hydrogens is 295 g/mol. The van der Waals surface area contributed by atoms with Gasteiger partial charge in [0.2, 0.25) is 11.1 Å². The molecule has 0 bridgehead atoms. The van der Waals surface area contributed by atoms with Crippen molar-refractivity contribution < 1.29 is 17.1 Å². The maximum atomic E-state index is 8.86. The Hall–Kier alpha value is -1.47. The first kappa shape index (κ1) is 14.6. The molecule has 2 rings (SSSR count). The summed E-state index contributed by atoms with van der Waals surface area (Å²) in [4.78, 5) is 3.10. The monoisotopic (exact) mass is 300 g/mol. The fraction of sp³-hybridized carbons (Fsp3) is 0. The Bertz CT molecular complexity index is 579. The molecule has 0 unspecified atom stereocenters. The van der Waals surface area contributed by atoms with Crippen LogP contribution in [0.3, 0.4) is 0 Å². The van der Waals surface area contributed by atoms with Crippen LogP contribution in [0.15, 0.2) is 42.5 Å². The van der Waals surface area contributed by atoms with Gasteiger partial charge in [-0.3, -0.25) is 0 Å². The van der Waals surface area contributed by atoms with E-state index in [1.54, 1.807) is 42.5 Å². The lowest BCUT2D eigenvalue weighted by atomic mass is 10.3. The molecule has 0 heterocycles. The summed E-state index contributed by atoms with van der Waals surface area (Å²) in [6, 6.07) is 11.8. The zero-order chi connectivity index (χ0) is 12.3. The first-order chi connectivity index (χ1) is 8.20. The molecule has 2 aromatic carbocycles. The molecule has 0 atom stereocenters. The van der Waals surface area contributed by atoms with Gasteiger partial charge in [-0.1, -0.05) is 29.3 Å².